The van der Waals surface area contributed by atoms with Gasteiger partial charge in [0.2, 0.25) is 5.91 Å². The normalized spacial score (nSPS) is 29.1. The molecule has 0 radical (unpaired) electrons. The van der Waals surface area contributed by atoms with E-state index in [-0.39, 0.29) is 24.0 Å². The topological polar surface area (TPSA) is 75.3 Å². The maximum Gasteiger partial charge on any atom is 0.238 e. The first kappa shape index (κ1) is 9.47. The number of sulfone groups is 1. The Balaban J connectivity index is 2.79. The van der Waals surface area contributed by atoms with E-state index in [0.717, 1.165) is 0 Å². The summed E-state index contributed by atoms with van der Waals surface area (Å²) < 4.78 is 22.3. The number of amides is 1. The second-order valence-corrected chi connectivity index (χ2v) is 4.98. The van der Waals surface area contributed by atoms with Gasteiger partial charge in [0.25, 0.3) is 0 Å². The van der Waals surface area contributed by atoms with Crippen molar-refractivity contribution in [2.75, 3.05) is 25.1 Å². The van der Waals surface area contributed by atoms with E-state index in [4.69, 9.17) is 0 Å². The van der Waals surface area contributed by atoms with Crippen molar-refractivity contribution in [3.05, 3.63) is 0 Å². The average Bonchev–Trinajstić information content (AvgIpc) is 2.10. The standard InChI is InChI=1S/C6H12N2O3S/c1-7-5-4-12(10,11)3-2-8-6(5)9/h5,7H,2-4H2,1H3,(H,8,9). The highest BCUT2D eigenvalue weighted by atomic mass is 32.2. The Hall–Kier alpha value is -0.620. The molecule has 1 unspecified atom stereocenters. The minimum atomic E-state index is -3.06. The number of likely N-dealkylation sites (N-methyl/N-ethyl adjacent to an activating group) is 1. The van der Waals surface area contributed by atoms with Gasteiger partial charge in [-0.25, -0.2) is 8.42 Å². The maximum atomic E-state index is 11.2. The molecule has 1 amide bonds. The van der Waals surface area contributed by atoms with Crippen LogP contribution in [0.1, 0.15) is 0 Å². The summed E-state index contributed by atoms with van der Waals surface area (Å²) in [5.41, 5.74) is 0. The summed E-state index contributed by atoms with van der Waals surface area (Å²) in [7, 11) is -1.48. The van der Waals surface area contributed by atoms with Crippen LogP contribution in [0.3, 0.4) is 0 Å². The van der Waals surface area contributed by atoms with E-state index in [1.54, 1.807) is 7.05 Å². The van der Waals surface area contributed by atoms with Crippen LogP contribution in [0.4, 0.5) is 0 Å². The SMILES string of the molecule is CNC1CS(=O)(=O)CCNC1=O. The summed E-state index contributed by atoms with van der Waals surface area (Å²) in [5, 5.41) is 5.18. The van der Waals surface area contributed by atoms with Gasteiger partial charge in [0.1, 0.15) is 6.04 Å². The van der Waals surface area contributed by atoms with Crippen LogP contribution in [0.2, 0.25) is 0 Å². The molecule has 2 N–H and O–H groups in total. The molecule has 0 aromatic heterocycles. The monoisotopic (exact) mass is 192 g/mol. The van der Waals surface area contributed by atoms with Crippen molar-refractivity contribution in [1.29, 1.82) is 0 Å². The van der Waals surface area contributed by atoms with E-state index in [1.165, 1.54) is 0 Å². The fraction of sp³-hybridized carbons (Fsp3) is 0.833. The highest BCUT2D eigenvalue weighted by Gasteiger charge is 2.27. The molecule has 0 aliphatic carbocycles. The summed E-state index contributed by atoms with van der Waals surface area (Å²) in [4.78, 5) is 11.1. The van der Waals surface area contributed by atoms with Crippen LogP contribution in [0, 0.1) is 0 Å². The lowest BCUT2D eigenvalue weighted by Gasteiger charge is -2.09. The number of hydrogen-bond donors (Lipinski definition) is 2. The first-order valence-corrected chi connectivity index (χ1v) is 5.53. The lowest BCUT2D eigenvalue weighted by molar-refractivity contribution is -0.122. The lowest BCUT2D eigenvalue weighted by Crippen LogP contribution is -2.43. The Bertz CT molecular complexity index is 273. The Morgan fingerprint density at radius 3 is 2.83 bits per heavy atom. The smallest absolute Gasteiger partial charge is 0.238 e. The molecule has 1 atom stereocenters. The molecule has 0 saturated carbocycles. The molecule has 70 valence electrons. The van der Waals surface area contributed by atoms with Crippen molar-refractivity contribution in [2.45, 2.75) is 6.04 Å². The van der Waals surface area contributed by atoms with Crippen molar-refractivity contribution >= 4 is 15.7 Å². The van der Waals surface area contributed by atoms with E-state index in [9.17, 15) is 13.2 Å². The summed E-state index contributed by atoms with van der Waals surface area (Å²) in [6, 6.07) is -0.600. The molecule has 0 bridgehead atoms. The van der Waals surface area contributed by atoms with Gasteiger partial charge >= 0.3 is 0 Å². The van der Waals surface area contributed by atoms with Crippen LogP contribution in [0.25, 0.3) is 0 Å². The number of hydrogen-bond acceptors (Lipinski definition) is 4. The van der Waals surface area contributed by atoms with Crippen LogP contribution in [-0.4, -0.2) is 45.5 Å². The Morgan fingerprint density at radius 2 is 2.25 bits per heavy atom. The van der Waals surface area contributed by atoms with Crippen molar-refractivity contribution in [3.8, 4) is 0 Å². The van der Waals surface area contributed by atoms with E-state index >= 15 is 0 Å². The summed E-state index contributed by atoms with van der Waals surface area (Å²) in [5.74, 6) is -0.301. The highest BCUT2D eigenvalue weighted by Crippen LogP contribution is 1.98. The number of nitrogens with one attached hydrogen (secondary N) is 2. The molecule has 5 nitrogen and oxygen atoms in total. The predicted molar refractivity (Wildman–Crippen MR) is 44.5 cm³/mol. The maximum absolute atomic E-state index is 11.2. The first-order valence-electron chi connectivity index (χ1n) is 3.70. The largest absolute Gasteiger partial charge is 0.354 e. The zero-order valence-corrected chi connectivity index (χ0v) is 7.65. The molecule has 1 aliphatic heterocycles. The highest BCUT2D eigenvalue weighted by molar-refractivity contribution is 7.91. The van der Waals surface area contributed by atoms with Crippen molar-refractivity contribution in [3.63, 3.8) is 0 Å². The quantitative estimate of drug-likeness (QED) is 0.510. The van der Waals surface area contributed by atoms with Gasteiger partial charge in [-0.15, -0.1) is 0 Å². The van der Waals surface area contributed by atoms with Crippen LogP contribution in [0.5, 0.6) is 0 Å². The second-order valence-electron chi connectivity index (χ2n) is 2.75. The lowest BCUT2D eigenvalue weighted by atomic mass is 10.3. The predicted octanol–water partition coefficient (Wildman–Crippen LogP) is -1.88. The molecule has 12 heavy (non-hydrogen) atoms. The van der Waals surface area contributed by atoms with Crippen LogP contribution in [0.15, 0.2) is 0 Å². The molecule has 1 saturated heterocycles. The van der Waals surface area contributed by atoms with Gasteiger partial charge in [0.15, 0.2) is 9.84 Å². The third-order valence-electron chi connectivity index (χ3n) is 1.80. The summed E-state index contributed by atoms with van der Waals surface area (Å²) >= 11 is 0. The number of carbonyl (C=O) groups is 1. The Labute approximate surface area is 71.4 Å². The number of carbonyl (C=O) groups excluding carboxylic acids is 1. The fourth-order valence-electron chi connectivity index (χ4n) is 1.08. The second kappa shape index (κ2) is 3.40. The van der Waals surface area contributed by atoms with E-state index in [1.807, 2.05) is 0 Å². The summed E-state index contributed by atoms with van der Waals surface area (Å²) in [6.45, 7) is 0.222. The zero-order chi connectivity index (χ0) is 9.19. The van der Waals surface area contributed by atoms with Gasteiger partial charge < -0.3 is 10.6 Å². The molecular weight excluding hydrogens is 180 g/mol. The van der Waals surface area contributed by atoms with E-state index < -0.39 is 15.9 Å². The molecular formula is C6H12N2O3S. The van der Waals surface area contributed by atoms with Crippen LogP contribution >= 0.6 is 0 Å². The van der Waals surface area contributed by atoms with Gasteiger partial charge in [-0.1, -0.05) is 0 Å². The van der Waals surface area contributed by atoms with E-state index in [2.05, 4.69) is 10.6 Å². The van der Waals surface area contributed by atoms with Crippen LogP contribution < -0.4 is 10.6 Å². The minimum Gasteiger partial charge on any atom is -0.354 e. The van der Waals surface area contributed by atoms with Gasteiger partial charge in [-0.3, -0.25) is 4.79 Å². The molecule has 1 aliphatic rings. The van der Waals surface area contributed by atoms with Gasteiger partial charge in [0, 0.05) is 6.54 Å². The van der Waals surface area contributed by atoms with Crippen molar-refractivity contribution in [2.24, 2.45) is 0 Å². The van der Waals surface area contributed by atoms with E-state index in [0.29, 0.717) is 0 Å². The first-order chi connectivity index (χ1) is 5.55. The zero-order valence-electron chi connectivity index (χ0n) is 6.83. The van der Waals surface area contributed by atoms with Gasteiger partial charge in [-0.05, 0) is 7.05 Å². The molecule has 1 fully saturated rings. The Morgan fingerprint density at radius 1 is 1.58 bits per heavy atom. The van der Waals surface area contributed by atoms with Crippen LogP contribution in [-0.2, 0) is 14.6 Å². The molecule has 0 aromatic rings. The summed E-state index contributed by atoms with van der Waals surface area (Å²) in [6.07, 6.45) is 0. The number of rotatable bonds is 1. The molecule has 6 heteroatoms. The average molecular weight is 192 g/mol. The van der Waals surface area contributed by atoms with Gasteiger partial charge in [0.05, 0.1) is 11.5 Å². The third-order valence-corrected chi connectivity index (χ3v) is 3.47. The van der Waals surface area contributed by atoms with Gasteiger partial charge in [-0.2, -0.15) is 0 Å². The minimum absolute atomic E-state index is 0.0386. The molecule has 0 aromatic carbocycles. The fourth-order valence-corrected chi connectivity index (χ4v) is 2.49. The third kappa shape index (κ3) is 2.18. The van der Waals surface area contributed by atoms with Crippen molar-refractivity contribution < 1.29 is 13.2 Å². The molecule has 1 heterocycles. The molecule has 1 rings (SSSR count). The van der Waals surface area contributed by atoms with Crippen molar-refractivity contribution in [1.82, 2.24) is 10.6 Å². The Kier molecular flexibility index (Phi) is 2.69. The molecule has 0 spiro atoms.